The molecule has 1 N–H and O–H groups in total. The van der Waals surface area contributed by atoms with Crippen molar-refractivity contribution < 1.29 is 9.21 Å². The minimum absolute atomic E-state index is 0.109. The van der Waals surface area contributed by atoms with Crippen molar-refractivity contribution >= 4 is 17.5 Å². The third-order valence-electron chi connectivity index (χ3n) is 3.23. The van der Waals surface area contributed by atoms with Crippen LogP contribution in [0.15, 0.2) is 16.5 Å². The van der Waals surface area contributed by atoms with Gasteiger partial charge in [0, 0.05) is 17.8 Å². The van der Waals surface area contributed by atoms with Gasteiger partial charge in [-0.15, -0.1) is 11.6 Å². The van der Waals surface area contributed by atoms with Crippen molar-refractivity contribution in [3.8, 4) is 0 Å². The van der Waals surface area contributed by atoms with Crippen molar-refractivity contribution in [2.75, 3.05) is 0 Å². The molecule has 94 valence electrons. The summed E-state index contributed by atoms with van der Waals surface area (Å²) in [6, 6.07) is 3.83. The second-order valence-electron chi connectivity index (χ2n) is 4.54. The summed E-state index contributed by atoms with van der Waals surface area (Å²) in [6.45, 7) is 2.00. The van der Waals surface area contributed by atoms with Crippen LogP contribution in [0.4, 0.5) is 0 Å². The predicted molar refractivity (Wildman–Crippen MR) is 67.4 cm³/mol. The lowest BCUT2D eigenvalue weighted by Gasteiger charge is -2.25. The minimum atomic E-state index is -0.109. The summed E-state index contributed by atoms with van der Waals surface area (Å²) in [5.41, 5.74) is 0. The standard InChI is InChI=1S/C13H18ClNO2/c1-2-11-7-8-12(17-11)13(16)15-10-5-3-9(14)4-6-10/h7-10H,2-6H2,1H3,(H,15,16). The van der Waals surface area contributed by atoms with Crippen molar-refractivity contribution in [1.82, 2.24) is 5.32 Å². The highest BCUT2D eigenvalue weighted by molar-refractivity contribution is 6.20. The summed E-state index contributed by atoms with van der Waals surface area (Å²) in [5.74, 6) is 1.15. The van der Waals surface area contributed by atoms with Gasteiger partial charge in [-0.1, -0.05) is 6.92 Å². The Balaban J connectivity index is 1.88. The Hall–Kier alpha value is -0.960. The highest BCUT2D eigenvalue weighted by Gasteiger charge is 2.22. The molecule has 1 heterocycles. The number of carbonyl (C=O) groups excluding carboxylic acids is 1. The fourth-order valence-corrected chi connectivity index (χ4v) is 2.40. The Kier molecular flexibility index (Phi) is 4.11. The molecule has 2 rings (SSSR count). The maximum absolute atomic E-state index is 11.9. The zero-order valence-electron chi connectivity index (χ0n) is 10.0. The highest BCUT2D eigenvalue weighted by atomic mass is 35.5. The van der Waals surface area contributed by atoms with Gasteiger partial charge in [-0.2, -0.15) is 0 Å². The van der Waals surface area contributed by atoms with E-state index >= 15 is 0 Å². The number of aryl methyl sites for hydroxylation is 1. The Morgan fingerprint density at radius 1 is 1.41 bits per heavy atom. The summed E-state index contributed by atoms with van der Waals surface area (Å²) < 4.78 is 5.42. The molecule has 1 saturated carbocycles. The number of nitrogens with one attached hydrogen (secondary N) is 1. The first kappa shape index (κ1) is 12.5. The van der Waals surface area contributed by atoms with Gasteiger partial charge in [0.15, 0.2) is 5.76 Å². The molecule has 0 unspecified atom stereocenters. The Morgan fingerprint density at radius 3 is 2.71 bits per heavy atom. The van der Waals surface area contributed by atoms with E-state index in [-0.39, 0.29) is 17.3 Å². The molecule has 3 nitrogen and oxygen atoms in total. The normalized spacial score (nSPS) is 24.6. The van der Waals surface area contributed by atoms with Gasteiger partial charge in [-0.05, 0) is 37.8 Å². The van der Waals surface area contributed by atoms with Gasteiger partial charge < -0.3 is 9.73 Å². The first-order chi connectivity index (χ1) is 8.19. The summed E-state index contributed by atoms with van der Waals surface area (Å²) in [7, 11) is 0. The summed E-state index contributed by atoms with van der Waals surface area (Å²) >= 11 is 6.03. The molecular formula is C13H18ClNO2. The lowest BCUT2D eigenvalue weighted by molar-refractivity contribution is 0.0898. The molecule has 17 heavy (non-hydrogen) atoms. The van der Waals surface area contributed by atoms with Crippen molar-refractivity contribution in [1.29, 1.82) is 0 Å². The monoisotopic (exact) mass is 255 g/mol. The van der Waals surface area contributed by atoms with Gasteiger partial charge in [0.25, 0.3) is 5.91 Å². The second-order valence-corrected chi connectivity index (χ2v) is 5.16. The van der Waals surface area contributed by atoms with E-state index in [9.17, 15) is 4.79 Å². The maximum atomic E-state index is 11.9. The minimum Gasteiger partial charge on any atom is -0.456 e. The molecule has 0 saturated heterocycles. The van der Waals surface area contributed by atoms with E-state index < -0.39 is 0 Å². The number of furan rings is 1. The number of hydrogen-bond donors (Lipinski definition) is 1. The third kappa shape index (κ3) is 3.25. The van der Waals surface area contributed by atoms with Crippen molar-refractivity contribution in [2.24, 2.45) is 0 Å². The van der Waals surface area contributed by atoms with Crippen LogP contribution in [-0.4, -0.2) is 17.3 Å². The molecule has 1 aliphatic carbocycles. The van der Waals surface area contributed by atoms with Gasteiger partial charge in [0.05, 0.1) is 0 Å². The number of rotatable bonds is 3. The highest BCUT2D eigenvalue weighted by Crippen LogP contribution is 2.23. The second kappa shape index (κ2) is 5.58. The molecule has 0 spiro atoms. The van der Waals surface area contributed by atoms with E-state index in [1.807, 2.05) is 13.0 Å². The molecule has 0 aromatic carbocycles. The van der Waals surface area contributed by atoms with Crippen LogP contribution in [0.5, 0.6) is 0 Å². The van der Waals surface area contributed by atoms with Crippen LogP contribution in [0.3, 0.4) is 0 Å². The SMILES string of the molecule is CCc1ccc(C(=O)NC2CCC(Cl)CC2)o1. The average molecular weight is 256 g/mol. The fourth-order valence-electron chi connectivity index (χ4n) is 2.14. The lowest BCUT2D eigenvalue weighted by Crippen LogP contribution is -2.37. The molecule has 0 radical (unpaired) electrons. The molecule has 1 aliphatic rings. The van der Waals surface area contributed by atoms with Crippen LogP contribution < -0.4 is 5.32 Å². The van der Waals surface area contributed by atoms with E-state index in [0.29, 0.717) is 5.76 Å². The van der Waals surface area contributed by atoms with Crippen LogP contribution in [0.2, 0.25) is 0 Å². The van der Waals surface area contributed by atoms with Crippen LogP contribution >= 0.6 is 11.6 Å². The largest absolute Gasteiger partial charge is 0.456 e. The molecule has 1 aromatic heterocycles. The zero-order valence-corrected chi connectivity index (χ0v) is 10.8. The number of alkyl halides is 1. The number of carbonyl (C=O) groups is 1. The van der Waals surface area contributed by atoms with Gasteiger partial charge in [-0.3, -0.25) is 4.79 Å². The zero-order chi connectivity index (χ0) is 12.3. The number of halogens is 1. The number of amides is 1. The Bertz CT molecular complexity index is 381. The van der Waals surface area contributed by atoms with Crippen LogP contribution in [0, 0.1) is 0 Å². The molecule has 0 atom stereocenters. The number of hydrogen-bond acceptors (Lipinski definition) is 2. The van der Waals surface area contributed by atoms with E-state index in [2.05, 4.69) is 5.32 Å². The third-order valence-corrected chi connectivity index (χ3v) is 3.66. The van der Waals surface area contributed by atoms with Crippen molar-refractivity contribution in [3.05, 3.63) is 23.7 Å². The van der Waals surface area contributed by atoms with Crippen LogP contribution in [0.1, 0.15) is 48.9 Å². The smallest absolute Gasteiger partial charge is 0.287 e. The van der Waals surface area contributed by atoms with Gasteiger partial charge in [-0.25, -0.2) is 0 Å². The quantitative estimate of drug-likeness (QED) is 0.844. The maximum Gasteiger partial charge on any atom is 0.287 e. The van der Waals surface area contributed by atoms with Crippen LogP contribution in [-0.2, 0) is 6.42 Å². The average Bonchev–Trinajstić information content (AvgIpc) is 2.81. The predicted octanol–water partition coefficient (Wildman–Crippen LogP) is 3.12. The van der Waals surface area contributed by atoms with E-state index in [0.717, 1.165) is 37.9 Å². The molecule has 1 aromatic rings. The van der Waals surface area contributed by atoms with Gasteiger partial charge in [0.1, 0.15) is 5.76 Å². The van der Waals surface area contributed by atoms with Crippen molar-refractivity contribution in [2.45, 2.75) is 50.4 Å². The molecule has 1 amide bonds. The first-order valence-electron chi connectivity index (χ1n) is 6.22. The van der Waals surface area contributed by atoms with Gasteiger partial charge >= 0.3 is 0 Å². The van der Waals surface area contributed by atoms with E-state index in [1.54, 1.807) is 6.07 Å². The van der Waals surface area contributed by atoms with E-state index in [4.69, 9.17) is 16.0 Å². The molecule has 0 bridgehead atoms. The molecule has 4 heteroatoms. The Labute approximate surface area is 107 Å². The summed E-state index contributed by atoms with van der Waals surface area (Å²) in [6.07, 6.45) is 4.68. The van der Waals surface area contributed by atoms with Crippen LogP contribution in [0.25, 0.3) is 0 Å². The first-order valence-corrected chi connectivity index (χ1v) is 6.66. The summed E-state index contributed by atoms with van der Waals surface area (Å²) in [5, 5.41) is 3.28. The fraction of sp³-hybridized carbons (Fsp3) is 0.615. The lowest BCUT2D eigenvalue weighted by atomic mass is 9.95. The Morgan fingerprint density at radius 2 is 2.12 bits per heavy atom. The van der Waals surface area contributed by atoms with Gasteiger partial charge in [0.2, 0.25) is 0 Å². The summed E-state index contributed by atoms with van der Waals surface area (Å²) in [4.78, 5) is 11.9. The molecular weight excluding hydrogens is 238 g/mol. The van der Waals surface area contributed by atoms with Crippen molar-refractivity contribution in [3.63, 3.8) is 0 Å². The molecule has 0 aliphatic heterocycles. The van der Waals surface area contributed by atoms with E-state index in [1.165, 1.54) is 0 Å². The topological polar surface area (TPSA) is 42.2 Å². The molecule has 1 fully saturated rings.